The van der Waals surface area contributed by atoms with Crippen LogP contribution >= 0.6 is 11.3 Å². The summed E-state index contributed by atoms with van der Waals surface area (Å²) in [5, 5.41) is 1.72. The molecule has 3 rings (SSSR count). The number of sulfonamides is 1. The molecule has 29 heavy (non-hydrogen) atoms. The van der Waals surface area contributed by atoms with Crippen LogP contribution in [0.1, 0.15) is 30.1 Å². The second-order valence-corrected chi connectivity index (χ2v) is 9.91. The normalized spacial score (nSPS) is 15.2. The Balaban J connectivity index is 1.65. The van der Waals surface area contributed by atoms with E-state index in [4.69, 9.17) is 4.74 Å². The molecule has 0 atom stereocenters. The average Bonchev–Trinajstić information content (AvgIpc) is 3.29. The van der Waals surface area contributed by atoms with Crippen molar-refractivity contribution in [2.75, 3.05) is 31.0 Å². The van der Waals surface area contributed by atoms with E-state index in [0.29, 0.717) is 43.8 Å². The molecule has 1 saturated heterocycles. The summed E-state index contributed by atoms with van der Waals surface area (Å²) >= 11 is 1.16. The van der Waals surface area contributed by atoms with Crippen LogP contribution in [0.5, 0.6) is 0 Å². The van der Waals surface area contributed by atoms with Gasteiger partial charge in [-0.15, -0.1) is 11.3 Å². The predicted molar refractivity (Wildman–Crippen MR) is 112 cm³/mol. The Morgan fingerprint density at radius 2 is 1.83 bits per heavy atom. The number of benzene rings is 1. The van der Waals surface area contributed by atoms with E-state index in [9.17, 15) is 18.0 Å². The fourth-order valence-corrected chi connectivity index (χ4v) is 5.62. The minimum Gasteiger partial charge on any atom is -0.466 e. The van der Waals surface area contributed by atoms with Crippen molar-refractivity contribution >= 4 is 38.9 Å². The van der Waals surface area contributed by atoms with E-state index >= 15 is 0 Å². The molecule has 1 amide bonds. The number of esters is 1. The van der Waals surface area contributed by atoms with Gasteiger partial charge in [-0.2, -0.15) is 0 Å². The summed E-state index contributed by atoms with van der Waals surface area (Å²) in [6.45, 7) is 3.14. The van der Waals surface area contributed by atoms with Crippen molar-refractivity contribution in [3.8, 4) is 0 Å². The molecule has 0 N–H and O–H groups in total. The number of thiophene rings is 1. The van der Waals surface area contributed by atoms with Gasteiger partial charge in [0.05, 0.1) is 18.2 Å². The molecule has 1 aliphatic rings. The van der Waals surface area contributed by atoms with Gasteiger partial charge >= 0.3 is 5.97 Å². The third-order valence-corrected chi connectivity index (χ3v) is 8.15. The van der Waals surface area contributed by atoms with Gasteiger partial charge in [0, 0.05) is 25.7 Å². The third-order valence-electron chi connectivity index (χ3n) is 4.99. The highest BCUT2D eigenvalue weighted by atomic mass is 32.2. The average molecular weight is 437 g/mol. The number of carbonyl (C=O) groups is 2. The van der Waals surface area contributed by atoms with Gasteiger partial charge in [-0.05, 0) is 55.5 Å². The molecule has 156 valence electrons. The van der Waals surface area contributed by atoms with E-state index in [1.54, 1.807) is 53.6 Å². The number of carbonyl (C=O) groups excluding carboxylic acids is 2. The summed E-state index contributed by atoms with van der Waals surface area (Å²) in [5.74, 6) is -0.473. The fourth-order valence-electron chi connectivity index (χ4n) is 3.26. The molecule has 0 unspecified atom stereocenters. The molecule has 0 aliphatic carbocycles. The number of piperidine rings is 1. The maximum absolute atomic E-state index is 12.7. The van der Waals surface area contributed by atoms with E-state index in [1.807, 2.05) is 0 Å². The first-order chi connectivity index (χ1) is 13.8. The Hall–Kier alpha value is -2.39. The summed E-state index contributed by atoms with van der Waals surface area (Å²) in [7, 11) is -2.12. The Bertz CT molecular complexity index is 947. The number of anilines is 1. The summed E-state index contributed by atoms with van der Waals surface area (Å²) in [6, 6.07) is 9.78. The Labute approximate surface area is 174 Å². The van der Waals surface area contributed by atoms with Gasteiger partial charge in [0.2, 0.25) is 0 Å². The van der Waals surface area contributed by atoms with Crippen molar-refractivity contribution < 1.29 is 22.7 Å². The molecule has 9 heteroatoms. The van der Waals surface area contributed by atoms with Gasteiger partial charge in [0.1, 0.15) is 4.21 Å². The van der Waals surface area contributed by atoms with Crippen molar-refractivity contribution in [3.63, 3.8) is 0 Å². The van der Waals surface area contributed by atoms with Gasteiger partial charge in [-0.1, -0.05) is 6.07 Å². The number of nitrogens with zero attached hydrogens (tertiary/aromatic N) is 2. The van der Waals surface area contributed by atoms with Crippen molar-refractivity contribution in [1.82, 2.24) is 4.90 Å². The van der Waals surface area contributed by atoms with Crippen LogP contribution in [-0.4, -0.2) is 51.9 Å². The van der Waals surface area contributed by atoms with Crippen LogP contribution in [0.25, 0.3) is 0 Å². The maximum atomic E-state index is 12.7. The largest absolute Gasteiger partial charge is 0.466 e. The number of ether oxygens (including phenoxy) is 1. The number of amides is 1. The van der Waals surface area contributed by atoms with Gasteiger partial charge < -0.3 is 9.64 Å². The van der Waals surface area contributed by atoms with Crippen LogP contribution in [0.4, 0.5) is 5.69 Å². The quantitative estimate of drug-likeness (QED) is 0.650. The van der Waals surface area contributed by atoms with E-state index in [2.05, 4.69) is 0 Å². The molecular formula is C20H24N2O5S2. The molecule has 0 bridgehead atoms. The van der Waals surface area contributed by atoms with Crippen LogP contribution < -0.4 is 4.31 Å². The topological polar surface area (TPSA) is 84.0 Å². The van der Waals surface area contributed by atoms with Crippen molar-refractivity contribution in [3.05, 3.63) is 47.3 Å². The van der Waals surface area contributed by atoms with Crippen LogP contribution in [0, 0.1) is 5.92 Å². The lowest BCUT2D eigenvalue weighted by atomic mass is 9.96. The molecule has 1 fully saturated rings. The molecule has 0 saturated carbocycles. The monoisotopic (exact) mass is 436 g/mol. The van der Waals surface area contributed by atoms with E-state index in [1.165, 1.54) is 11.4 Å². The smallest absolute Gasteiger partial charge is 0.309 e. The lowest BCUT2D eigenvalue weighted by Gasteiger charge is -2.31. The molecule has 7 nitrogen and oxygen atoms in total. The van der Waals surface area contributed by atoms with E-state index in [0.717, 1.165) is 11.3 Å². The zero-order valence-electron chi connectivity index (χ0n) is 16.4. The molecule has 0 radical (unpaired) electrons. The van der Waals surface area contributed by atoms with Gasteiger partial charge in [0.15, 0.2) is 0 Å². The Morgan fingerprint density at radius 3 is 2.38 bits per heavy atom. The van der Waals surface area contributed by atoms with Crippen molar-refractivity contribution in [2.45, 2.75) is 24.0 Å². The number of likely N-dealkylation sites (tertiary alicyclic amines) is 1. The lowest BCUT2D eigenvalue weighted by Crippen LogP contribution is -2.40. The zero-order chi connectivity index (χ0) is 21.0. The van der Waals surface area contributed by atoms with Gasteiger partial charge in [0.25, 0.3) is 15.9 Å². The molecule has 1 aromatic carbocycles. The number of rotatable bonds is 6. The Kier molecular flexibility index (Phi) is 6.59. The van der Waals surface area contributed by atoms with Gasteiger partial charge in [-0.25, -0.2) is 8.42 Å². The maximum Gasteiger partial charge on any atom is 0.309 e. The lowest BCUT2D eigenvalue weighted by molar-refractivity contribution is -0.149. The molecule has 2 heterocycles. The summed E-state index contributed by atoms with van der Waals surface area (Å²) < 4.78 is 31.8. The molecular weight excluding hydrogens is 412 g/mol. The van der Waals surface area contributed by atoms with Crippen molar-refractivity contribution in [1.29, 1.82) is 0 Å². The van der Waals surface area contributed by atoms with Crippen LogP contribution in [0.3, 0.4) is 0 Å². The van der Waals surface area contributed by atoms with E-state index < -0.39 is 10.0 Å². The van der Waals surface area contributed by atoms with E-state index in [-0.39, 0.29) is 22.0 Å². The first-order valence-electron chi connectivity index (χ1n) is 9.43. The fraction of sp³-hybridized carbons (Fsp3) is 0.400. The molecule has 2 aromatic rings. The van der Waals surface area contributed by atoms with Crippen LogP contribution in [-0.2, 0) is 19.6 Å². The van der Waals surface area contributed by atoms with Crippen LogP contribution in [0.15, 0.2) is 46.0 Å². The summed E-state index contributed by atoms with van der Waals surface area (Å²) in [6.07, 6.45) is 1.18. The molecule has 0 spiro atoms. The number of hydrogen-bond donors (Lipinski definition) is 0. The standard InChI is InChI=1S/C20H24N2O5S2/c1-3-27-20(24)16-10-12-22(13-11-16)19(23)15-6-8-17(9-7-15)21(2)29(25,26)18-5-4-14-28-18/h4-9,14,16H,3,10-13H2,1-2H3. The highest BCUT2D eigenvalue weighted by Crippen LogP contribution is 2.26. The zero-order valence-corrected chi connectivity index (χ0v) is 18.0. The first-order valence-corrected chi connectivity index (χ1v) is 11.7. The third kappa shape index (κ3) is 4.62. The summed E-state index contributed by atoms with van der Waals surface area (Å²) in [4.78, 5) is 26.3. The highest BCUT2D eigenvalue weighted by Gasteiger charge is 2.29. The van der Waals surface area contributed by atoms with Gasteiger partial charge in [-0.3, -0.25) is 13.9 Å². The van der Waals surface area contributed by atoms with Crippen LogP contribution in [0.2, 0.25) is 0 Å². The summed E-state index contributed by atoms with van der Waals surface area (Å²) in [5.41, 5.74) is 0.973. The Morgan fingerprint density at radius 1 is 1.17 bits per heavy atom. The molecule has 1 aromatic heterocycles. The first kappa shape index (κ1) is 21.3. The van der Waals surface area contributed by atoms with Crippen molar-refractivity contribution in [2.24, 2.45) is 5.92 Å². The number of hydrogen-bond acceptors (Lipinski definition) is 6. The SMILES string of the molecule is CCOC(=O)C1CCN(C(=O)c2ccc(N(C)S(=O)(=O)c3cccs3)cc2)CC1. The molecule has 1 aliphatic heterocycles. The second-order valence-electron chi connectivity index (χ2n) is 6.77. The minimum absolute atomic E-state index is 0.123. The minimum atomic E-state index is -3.61. The second kappa shape index (κ2) is 8.96. The highest BCUT2D eigenvalue weighted by molar-refractivity contribution is 7.94. The predicted octanol–water partition coefficient (Wildman–Crippen LogP) is 2.99.